The molecule has 25 heteroatoms. The first-order valence-electron chi connectivity index (χ1n) is 18.8. The molecule has 4 aromatic heterocycles. The summed E-state index contributed by atoms with van der Waals surface area (Å²) in [7, 11) is 0. The average Bonchev–Trinajstić information content (AvgIpc) is 4.06. The highest BCUT2D eigenvalue weighted by atomic mass is 35.5. The highest BCUT2D eigenvalue weighted by Crippen LogP contribution is 2.35. The minimum atomic E-state index is -1.49. The van der Waals surface area contributed by atoms with Crippen LogP contribution in [0.15, 0.2) is 12.7 Å². The summed E-state index contributed by atoms with van der Waals surface area (Å²) in [6.07, 6.45) is -6.93. The summed E-state index contributed by atoms with van der Waals surface area (Å²) < 4.78 is 14.3. The van der Waals surface area contributed by atoms with Crippen LogP contribution in [0.3, 0.4) is 0 Å². The Bertz CT molecular complexity index is 2060. The van der Waals surface area contributed by atoms with Gasteiger partial charge in [-0.25, -0.2) is 14.8 Å². The molecule has 0 unspecified atom stereocenters. The Hall–Kier alpha value is -4.75. The first-order valence-corrected chi connectivity index (χ1v) is 19.6. The van der Waals surface area contributed by atoms with Gasteiger partial charge in [0.15, 0.2) is 58.6 Å². The lowest BCUT2D eigenvalue weighted by Gasteiger charge is -2.25. The smallest absolute Gasteiger partial charge is 0.320 e. The normalized spacial score (nSPS) is 29.8. The van der Waals surface area contributed by atoms with E-state index in [1.165, 1.54) is 21.8 Å². The number of carbonyl (C=O) groups is 3. The topological polar surface area (TPSA) is 292 Å². The highest BCUT2D eigenvalue weighted by molar-refractivity contribution is 6.29. The number of anilines is 2. The summed E-state index contributed by atoms with van der Waals surface area (Å²) in [6.45, 7) is 5.72. The number of aliphatic hydroxyl groups excluding tert-OH is 4. The third-order valence-electron chi connectivity index (χ3n) is 10.6. The molecule has 4 aliphatic rings. The van der Waals surface area contributed by atoms with Gasteiger partial charge in [-0.05, 0) is 49.9 Å². The van der Waals surface area contributed by atoms with Crippen LogP contribution in [0, 0.1) is 0 Å². The quantitative estimate of drug-likeness (QED) is 0.0850. The molecule has 0 saturated carbocycles. The summed E-state index contributed by atoms with van der Waals surface area (Å²) in [6, 6.07) is -0.592. The van der Waals surface area contributed by atoms with E-state index in [2.05, 4.69) is 51.2 Å². The van der Waals surface area contributed by atoms with Crippen LogP contribution in [-0.4, -0.2) is 175 Å². The molecule has 0 spiro atoms. The summed E-state index contributed by atoms with van der Waals surface area (Å²) >= 11 is 12.6. The van der Waals surface area contributed by atoms with Crippen molar-refractivity contribution in [3.8, 4) is 0 Å². The van der Waals surface area contributed by atoms with Gasteiger partial charge in [-0.3, -0.25) is 18.7 Å². The number of aromatic nitrogens is 8. The lowest BCUT2D eigenvalue weighted by molar-refractivity contribution is -0.138. The molecule has 312 valence electrons. The number of nitrogens with one attached hydrogen (secondary N) is 4. The van der Waals surface area contributed by atoms with Crippen LogP contribution < -0.4 is 21.3 Å². The van der Waals surface area contributed by atoms with Gasteiger partial charge < -0.3 is 61.0 Å². The largest absolute Gasteiger partial charge is 0.387 e. The number of hydrogen-bond acceptors (Lipinski definition) is 17. The molecule has 8 N–H and O–H groups in total. The zero-order valence-electron chi connectivity index (χ0n) is 31.1. The van der Waals surface area contributed by atoms with E-state index >= 15 is 0 Å². The van der Waals surface area contributed by atoms with Crippen molar-refractivity contribution in [1.82, 2.24) is 59.5 Å². The second-order valence-electron chi connectivity index (χ2n) is 14.4. The lowest BCUT2D eigenvalue weighted by Crippen LogP contribution is -2.42. The zero-order chi connectivity index (χ0) is 41.0. The van der Waals surface area contributed by atoms with E-state index in [1.807, 2.05) is 0 Å². The zero-order valence-corrected chi connectivity index (χ0v) is 32.7. The number of likely N-dealkylation sites (tertiary alicyclic amines) is 2. The Morgan fingerprint density at radius 1 is 0.690 bits per heavy atom. The predicted octanol–water partition coefficient (Wildman–Crippen LogP) is -1.42. The standard InChI is InChI=1S/C33H42Cl2N14O9/c1-3-36-27(54)21-17(50)19(52)29(57-21)48-11-38-15-23(42-31(34)44-25(15)48)40-13-5-7-46(9-13)33(56)47-8-6-14(10-47)41-24-16-26(45-32(35)43-24)49(12-39-16)30-20(53)18(51)22(58-30)28(55)37-4-2/h11-14,17-22,29-30,50-53H,3-10H2,1-2H3,(H,36,54)(H,37,55)(H,40,42,44)(H,41,43,45)/t13-,14-,17+,18+,19-,20-,21+,22+,29-,30-/m1/s1. The minimum Gasteiger partial charge on any atom is -0.387 e. The molecule has 0 aromatic carbocycles. The van der Waals surface area contributed by atoms with Gasteiger partial charge in [0, 0.05) is 51.4 Å². The van der Waals surface area contributed by atoms with Gasteiger partial charge in [0.2, 0.25) is 10.6 Å². The number of fused-ring (bicyclic) bond motifs is 2. The fourth-order valence-corrected chi connectivity index (χ4v) is 8.13. The van der Waals surface area contributed by atoms with E-state index in [0.29, 0.717) is 74.8 Å². The van der Waals surface area contributed by atoms with Crippen LogP contribution in [0.2, 0.25) is 10.6 Å². The van der Waals surface area contributed by atoms with E-state index in [1.54, 1.807) is 23.6 Å². The van der Waals surface area contributed by atoms with E-state index in [-0.39, 0.29) is 40.0 Å². The molecule has 4 saturated heterocycles. The number of rotatable bonds is 10. The van der Waals surface area contributed by atoms with E-state index < -0.39 is 60.9 Å². The monoisotopic (exact) mass is 848 g/mol. The van der Waals surface area contributed by atoms with Crippen molar-refractivity contribution in [2.24, 2.45) is 0 Å². The number of halogens is 2. The molecule has 8 rings (SSSR count). The molecule has 10 atom stereocenters. The van der Waals surface area contributed by atoms with Crippen molar-refractivity contribution in [2.75, 3.05) is 49.9 Å². The molecule has 0 bridgehead atoms. The number of hydrogen-bond donors (Lipinski definition) is 8. The van der Waals surface area contributed by atoms with Crippen LogP contribution in [-0.2, 0) is 19.1 Å². The Kier molecular flexibility index (Phi) is 11.1. The maximum absolute atomic E-state index is 13.7. The minimum absolute atomic E-state index is 0.117. The van der Waals surface area contributed by atoms with E-state index in [9.17, 15) is 34.8 Å². The summed E-state index contributed by atoms with van der Waals surface area (Å²) in [4.78, 5) is 68.1. The number of imidazole rings is 2. The number of ether oxygens (including phenoxy) is 2. The van der Waals surface area contributed by atoms with Gasteiger partial charge in [0.05, 0.1) is 12.7 Å². The molecular weight excluding hydrogens is 807 g/mol. The highest BCUT2D eigenvalue weighted by Gasteiger charge is 2.49. The number of amides is 4. The van der Waals surface area contributed by atoms with Crippen LogP contribution in [0.25, 0.3) is 22.3 Å². The number of urea groups is 1. The lowest BCUT2D eigenvalue weighted by atomic mass is 10.1. The Morgan fingerprint density at radius 3 is 1.50 bits per heavy atom. The van der Waals surface area contributed by atoms with Crippen molar-refractivity contribution in [1.29, 1.82) is 0 Å². The Balaban J connectivity index is 0.901. The van der Waals surface area contributed by atoms with Crippen molar-refractivity contribution >= 4 is 75.0 Å². The fourth-order valence-electron chi connectivity index (χ4n) is 7.81. The molecule has 23 nitrogen and oxygen atoms in total. The second kappa shape index (κ2) is 16.1. The van der Waals surface area contributed by atoms with Crippen molar-refractivity contribution in [2.45, 2.75) is 87.9 Å². The van der Waals surface area contributed by atoms with Crippen molar-refractivity contribution in [3.05, 3.63) is 23.2 Å². The van der Waals surface area contributed by atoms with E-state index in [4.69, 9.17) is 32.7 Å². The Morgan fingerprint density at radius 2 is 1.10 bits per heavy atom. The first kappa shape index (κ1) is 40.0. The number of aliphatic hydroxyl groups is 4. The number of likely N-dealkylation sites (N-methyl/N-ethyl adjacent to an activating group) is 2. The van der Waals surface area contributed by atoms with Crippen LogP contribution >= 0.6 is 23.2 Å². The fraction of sp³-hybridized carbons (Fsp3) is 0.606. The van der Waals surface area contributed by atoms with Crippen molar-refractivity contribution < 1.29 is 44.3 Å². The summed E-state index contributed by atoms with van der Waals surface area (Å²) in [5.74, 6) is -0.521. The van der Waals surface area contributed by atoms with Crippen LogP contribution in [0.1, 0.15) is 39.1 Å². The molecule has 0 aliphatic carbocycles. The molecule has 4 amide bonds. The molecule has 4 fully saturated rings. The van der Waals surface area contributed by atoms with E-state index in [0.717, 1.165) is 0 Å². The van der Waals surface area contributed by atoms with Crippen LogP contribution in [0.4, 0.5) is 16.4 Å². The number of nitrogens with zero attached hydrogens (tertiary/aromatic N) is 10. The number of carbonyl (C=O) groups excluding carboxylic acids is 3. The van der Waals surface area contributed by atoms with Crippen LogP contribution in [0.5, 0.6) is 0 Å². The summed E-state index contributed by atoms with van der Waals surface area (Å²) in [5, 5.41) is 54.2. The third-order valence-corrected chi connectivity index (χ3v) is 11.0. The maximum atomic E-state index is 13.7. The molecule has 4 aromatic rings. The van der Waals surface area contributed by atoms with Gasteiger partial charge >= 0.3 is 6.03 Å². The molecule has 58 heavy (non-hydrogen) atoms. The van der Waals surface area contributed by atoms with Gasteiger partial charge in [-0.2, -0.15) is 19.9 Å². The van der Waals surface area contributed by atoms with Gasteiger partial charge in [0.1, 0.15) is 24.4 Å². The van der Waals surface area contributed by atoms with Gasteiger partial charge in [0.25, 0.3) is 11.8 Å². The molecule has 0 radical (unpaired) electrons. The summed E-state index contributed by atoms with van der Waals surface area (Å²) in [5.41, 5.74) is 1.04. The van der Waals surface area contributed by atoms with Gasteiger partial charge in [-0.15, -0.1) is 0 Å². The maximum Gasteiger partial charge on any atom is 0.320 e. The van der Waals surface area contributed by atoms with Crippen molar-refractivity contribution in [3.63, 3.8) is 0 Å². The SMILES string of the molecule is CCNC(=O)[C@H]1O[C@@H](n2cnc3c(N[C@@H]4CCN(C(=O)N5CC[C@@H](Nc6nc(Cl)nc7c6ncn7[C@@H]6O[C@H](C(=O)NCC)[C@@H](O)[C@H]6O)C5)C4)nc(Cl)nc32)[C@H](O)[C@@H]1O. The third kappa shape index (κ3) is 7.29. The molecule has 4 aliphatic heterocycles. The molecule has 8 heterocycles. The predicted molar refractivity (Wildman–Crippen MR) is 202 cm³/mol. The Labute approximate surface area is 339 Å². The molecular formula is C33H42Cl2N14O9. The second-order valence-corrected chi connectivity index (χ2v) is 15.1. The van der Waals surface area contributed by atoms with Gasteiger partial charge in [-0.1, -0.05) is 0 Å². The first-order chi connectivity index (χ1) is 27.9. The average molecular weight is 850 g/mol.